The predicted octanol–water partition coefficient (Wildman–Crippen LogP) is 2.44. The number of rotatable bonds is 5. The number of anilines is 2. The lowest BCUT2D eigenvalue weighted by molar-refractivity contribution is -0.126. The first kappa shape index (κ1) is 19.5. The van der Waals surface area contributed by atoms with Gasteiger partial charge in [0.05, 0.1) is 5.92 Å². The van der Waals surface area contributed by atoms with Gasteiger partial charge in [0, 0.05) is 56.6 Å². The highest BCUT2D eigenvalue weighted by Gasteiger charge is 2.31. The molecule has 0 radical (unpaired) electrons. The minimum Gasteiger partial charge on any atom is -0.369 e. The Balaban J connectivity index is 1.30. The van der Waals surface area contributed by atoms with Crippen LogP contribution in [0.1, 0.15) is 24.8 Å². The van der Waals surface area contributed by atoms with Crippen molar-refractivity contribution in [2.45, 2.75) is 25.3 Å². The van der Waals surface area contributed by atoms with E-state index in [0.29, 0.717) is 6.54 Å². The number of hydrogen-bond donors (Lipinski definition) is 2. The molecule has 6 heteroatoms. The van der Waals surface area contributed by atoms with Crippen LogP contribution in [0, 0.1) is 0 Å². The monoisotopic (exact) mass is 392 g/mol. The Labute approximate surface area is 171 Å². The Kier molecular flexibility index (Phi) is 5.81. The number of nitrogens with one attached hydrogen (secondary N) is 2. The van der Waals surface area contributed by atoms with Gasteiger partial charge in [0.15, 0.2) is 0 Å². The molecule has 29 heavy (non-hydrogen) atoms. The van der Waals surface area contributed by atoms with Gasteiger partial charge in [-0.05, 0) is 30.7 Å². The number of carbonyl (C=O) groups is 2. The van der Waals surface area contributed by atoms with E-state index in [9.17, 15) is 9.59 Å². The number of amides is 2. The second kappa shape index (κ2) is 8.66. The fourth-order valence-electron chi connectivity index (χ4n) is 4.21. The Hall–Kier alpha value is -2.86. The Bertz CT molecular complexity index is 862. The highest BCUT2D eigenvalue weighted by Crippen LogP contribution is 2.32. The van der Waals surface area contributed by atoms with Gasteiger partial charge in [-0.15, -0.1) is 0 Å². The largest absolute Gasteiger partial charge is 0.369 e. The quantitative estimate of drug-likeness (QED) is 0.820. The van der Waals surface area contributed by atoms with Crippen LogP contribution in [-0.4, -0.2) is 55.5 Å². The summed E-state index contributed by atoms with van der Waals surface area (Å²) in [5, 5.41) is 5.93. The summed E-state index contributed by atoms with van der Waals surface area (Å²) in [6.07, 6.45) is 0.201. The van der Waals surface area contributed by atoms with Gasteiger partial charge in [-0.25, -0.2) is 0 Å². The molecule has 2 aliphatic heterocycles. The molecule has 152 valence electrons. The van der Waals surface area contributed by atoms with Crippen molar-refractivity contribution in [1.82, 2.24) is 10.2 Å². The first-order chi connectivity index (χ1) is 14.1. The zero-order valence-corrected chi connectivity index (χ0v) is 16.8. The summed E-state index contributed by atoms with van der Waals surface area (Å²) in [6.45, 7) is 6.66. The predicted molar refractivity (Wildman–Crippen MR) is 115 cm³/mol. The molecule has 6 nitrogen and oxygen atoms in total. The molecular weight excluding hydrogens is 364 g/mol. The average molecular weight is 393 g/mol. The SMILES string of the molecule is C[C@@H](CNC(=O)[C@@H]1CC(=O)Nc2ccccc21)N1CCN(c2ccccc2)CC1. The van der Waals surface area contributed by atoms with Crippen LogP contribution in [0.3, 0.4) is 0 Å². The zero-order valence-electron chi connectivity index (χ0n) is 16.8. The maximum absolute atomic E-state index is 12.8. The van der Waals surface area contributed by atoms with E-state index in [4.69, 9.17) is 0 Å². The van der Waals surface area contributed by atoms with E-state index in [1.54, 1.807) is 0 Å². The van der Waals surface area contributed by atoms with Crippen molar-refractivity contribution in [3.05, 3.63) is 60.2 Å². The lowest BCUT2D eigenvalue weighted by atomic mass is 9.90. The van der Waals surface area contributed by atoms with Gasteiger partial charge in [0.25, 0.3) is 0 Å². The number of benzene rings is 2. The molecule has 2 N–H and O–H groups in total. The minimum absolute atomic E-state index is 0.0675. The number of fused-ring (bicyclic) bond motifs is 1. The number of para-hydroxylation sites is 2. The highest BCUT2D eigenvalue weighted by molar-refractivity contribution is 6.01. The van der Waals surface area contributed by atoms with Crippen molar-refractivity contribution in [3.8, 4) is 0 Å². The molecule has 2 atom stereocenters. The van der Waals surface area contributed by atoms with Crippen LogP contribution in [0.25, 0.3) is 0 Å². The average Bonchev–Trinajstić information content (AvgIpc) is 2.77. The third-order valence-electron chi connectivity index (χ3n) is 5.95. The molecule has 2 aromatic rings. The van der Waals surface area contributed by atoms with E-state index in [1.165, 1.54) is 5.69 Å². The van der Waals surface area contributed by atoms with Crippen molar-refractivity contribution in [1.29, 1.82) is 0 Å². The van der Waals surface area contributed by atoms with Crippen molar-refractivity contribution in [2.24, 2.45) is 0 Å². The van der Waals surface area contributed by atoms with Crippen LogP contribution in [0.15, 0.2) is 54.6 Å². The summed E-state index contributed by atoms with van der Waals surface area (Å²) in [6, 6.07) is 18.3. The van der Waals surface area contributed by atoms with Crippen molar-refractivity contribution in [3.63, 3.8) is 0 Å². The normalized spacial score (nSPS) is 20.5. The minimum atomic E-state index is -0.415. The standard InChI is InChI=1S/C23H28N4O2/c1-17(26-11-13-27(14-12-26)18-7-3-2-4-8-18)16-24-23(29)20-15-22(28)25-21-10-6-5-9-19(20)21/h2-10,17,20H,11-16H2,1H3,(H,24,29)(H,25,28)/t17-,20+/m0/s1. The summed E-state index contributed by atoms with van der Waals surface area (Å²) in [5.74, 6) is -0.585. The summed E-state index contributed by atoms with van der Waals surface area (Å²) in [7, 11) is 0. The molecule has 1 saturated heterocycles. The number of carbonyl (C=O) groups excluding carboxylic acids is 2. The third-order valence-corrected chi connectivity index (χ3v) is 5.95. The van der Waals surface area contributed by atoms with E-state index >= 15 is 0 Å². The number of nitrogens with zero attached hydrogens (tertiary/aromatic N) is 2. The Morgan fingerprint density at radius 3 is 2.52 bits per heavy atom. The molecule has 0 spiro atoms. The van der Waals surface area contributed by atoms with E-state index < -0.39 is 5.92 Å². The maximum atomic E-state index is 12.8. The first-order valence-electron chi connectivity index (χ1n) is 10.3. The summed E-state index contributed by atoms with van der Waals surface area (Å²) >= 11 is 0. The number of hydrogen-bond acceptors (Lipinski definition) is 4. The van der Waals surface area contributed by atoms with Crippen LogP contribution in [0.2, 0.25) is 0 Å². The molecule has 0 unspecified atom stereocenters. The molecule has 2 aliphatic rings. The smallest absolute Gasteiger partial charge is 0.228 e. The number of piperazine rings is 1. The second-order valence-electron chi connectivity index (χ2n) is 7.84. The molecule has 4 rings (SSSR count). The van der Waals surface area contributed by atoms with Gasteiger partial charge in [0.2, 0.25) is 11.8 Å². The lowest BCUT2D eigenvalue weighted by Gasteiger charge is -2.39. The Morgan fingerprint density at radius 1 is 1.07 bits per heavy atom. The van der Waals surface area contributed by atoms with E-state index in [-0.39, 0.29) is 24.3 Å². The van der Waals surface area contributed by atoms with Crippen LogP contribution < -0.4 is 15.5 Å². The molecule has 0 bridgehead atoms. The molecule has 0 aliphatic carbocycles. The van der Waals surface area contributed by atoms with Gasteiger partial charge in [-0.1, -0.05) is 36.4 Å². The van der Waals surface area contributed by atoms with Gasteiger partial charge in [0.1, 0.15) is 0 Å². The summed E-state index contributed by atoms with van der Waals surface area (Å²) in [5.41, 5.74) is 2.91. The molecule has 0 aromatic heterocycles. The molecule has 2 aromatic carbocycles. The van der Waals surface area contributed by atoms with Crippen LogP contribution in [-0.2, 0) is 9.59 Å². The highest BCUT2D eigenvalue weighted by atomic mass is 16.2. The van der Waals surface area contributed by atoms with Crippen LogP contribution in [0.5, 0.6) is 0 Å². The van der Waals surface area contributed by atoms with Gasteiger partial charge in [-0.2, -0.15) is 0 Å². The fourth-order valence-corrected chi connectivity index (χ4v) is 4.21. The maximum Gasteiger partial charge on any atom is 0.228 e. The molecule has 2 amide bonds. The van der Waals surface area contributed by atoms with Crippen molar-refractivity contribution >= 4 is 23.2 Å². The Morgan fingerprint density at radius 2 is 1.76 bits per heavy atom. The lowest BCUT2D eigenvalue weighted by Crippen LogP contribution is -2.52. The molecular formula is C23H28N4O2. The second-order valence-corrected chi connectivity index (χ2v) is 7.84. The van der Waals surface area contributed by atoms with E-state index in [1.807, 2.05) is 30.3 Å². The molecule has 2 heterocycles. The topological polar surface area (TPSA) is 64.7 Å². The van der Waals surface area contributed by atoms with Crippen molar-refractivity contribution < 1.29 is 9.59 Å². The summed E-state index contributed by atoms with van der Waals surface area (Å²) in [4.78, 5) is 29.6. The zero-order chi connectivity index (χ0) is 20.2. The van der Waals surface area contributed by atoms with Crippen molar-refractivity contribution in [2.75, 3.05) is 42.9 Å². The van der Waals surface area contributed by atoms with Crippen LogP contribution >= 0.6 is 0 Å². The van der Waals surface area contributed by atoms with Gasteiger partial charge < -0.3 is 15.5 Å². The van der Waals surface area contributed by atoms with Crippen LogP contribution in [0.4, 0.5) is 11.4 Å². The fraction of sp³-hybridized carbons (Fsp3) is 0.391. The van der Waals surface area contributed by atoms with E-state index in [0.717, 1.165) is 37.4 Å². The molecule has 1 fully saturated rings. The van der Waals surface area contributed by atoms with E-state index in [2.05, 4.69) is 51.6 Å². The van der Waals surface area contributed by atoms with Gasteiger partial charge in [-0.3, -0.25) is 14.5 Å². The third kappa shape index (κ3) is 4.43. The first-order valence-corrected chi connectivity index (χ1v) is 10.3. The summed E-state index contributed by atoms with van der Waals surface area (Å²) < 4.78 is 0. The van der Waals surface area contributed by atoms with Gasteiger partial charge >= 0.3 is 0 Å². The molecule has 0 saturated carbocycles.